The second kappa shape index (κ2) is 9.81. The lowest BCUT2D eigenvalue weighted by Crippen LogP contribution is -2.55. The van der Waals surface area contributed by atoms with Crippen molar-refractivity contribution >= 4 is 29.7 Å². The van der Waals surface area contributed by atoms with E-state index in [1.165, 1.54) is 5.56 Å². The van der Waals surface area contributed by atoms with Crippen LogP contribution in [-0.4, -0.2) is 76.9 Å². The molecule has 0 N–H and O–H groups in total. The molecule has 2 amide bonds. The van der Waals surface area contributed by atoms with Crippen molar-refractivity contribution in [2.45, 2.75) is 33.2 Å². The first-order valence-corrected chi connectivity index (χ1v) is 11.6. The average Bonchev–Trinajstić information content (AvgIpc) is 3.18. The molecular formula is C23H33N3O2S. The van der Waals surface area contributed by atoms with Crippen molar-refractivity contribution in [2.24, 2.45) is 5.41 Å². The standard InChI is InChI=1S/C23H33N3O2S/c1-23(2,3)16-21(27)26-18-29-17-20(26)22(28)25-14-12-24(13-15-25)11-7-10-19-8-5-4-6-9-19/h4-10,20H,11-18H2,1-3H3/b10-7+. The lowest BCUT2D eigenvalue weighted by Gasteiger charge is -2.37. The third kappa shape index (κ3) is 6.34. The third-order valence-corrected chi connectivity index (χ3v) is 6.34. The molecule has 1 aromatic carbocycles. The van der Waals surface area contributed by atoms with Crippen molar-refractivity contribution in [3.05, 3.63) is 42.0 Å². The first-order chi connectivity index (χ1) is 13.8. The highest BCUT2D eigenvalue weighted by Crippen LogP contribution is 2.27. The van der Waals surface area contributed by atoms with Crippen molar-refractivity contribution in [2.75, 3.05) is 44.4 Å². The van der Waals surface area contributed by atoms with E-state index >= 15 is 0 Å². The van der Waals surface area contributed by atoms with Crippen molar-refractivity contribution in [3.8, 4) is 0 Å². The van der Waals surface area contributed by atoms with Gasteiger partial charge in [0.15, 0.2) is 0 Å². The molecule has 1 atom stereocenters. The number of amides is 2. The minimum Gasteiger partial charge on any atom is -0.338 e. The summed E-state index contributed by atoms with van der Waals surface area (Å²) in [6.07, 6.45) is 4.82. The first kappa shape index (κ1) is 21.9. The number of carbonyl (C=O) groups excluding carboxylic acids is 2. The van der Waals surface area contributed by atoms with Crippen LogP contribution >= 0.6 is 11.8 Å². The van der Waals surface area contributed by atoms with Crippen LogP contribution in [0.25, 0.3) is 6.08 Å². The quantitative estimate of drug-likeness (QED) is 0.741. The first-order valence-electron chi connectivity index (χ1n) is 10.4. The molecule has 2 fully saturated rings. The minimum absolute atomic E-state index is 0.0587. The van der Waals surface area contributed by atoms with E-state index < -0.39 is 0 Å². The van der Waals surface area contributed by atoms with Crippen LogP contribution in [0.3, 0.4) is 0 Å². The van der Waals surface area contributed by atoms with E-state index in [0.29, 0.717) is 12.3 Å². The summed E-state index contributed by atoms with van der Waals surface area (Å²) in [6, 6.07) is 10.0. The Kier molecular flexibility index (Phi) is 7.41. The largest absolute Gasteiger partial charge is 0.338 e. The number of hydrogen-bond donors (Lipinski definition) is 0. The highest BCUT2D eigenvalue weighted by molar-refractivity contribution is 7.99. The summed E-state index contributed by atoms with van der Waals surface area (Å²) in [5.41, 5.74) is 1.15. The molecule has 0 bridgehead atoms. The molecule has 158 valence electrons. The fraction of sp³-hybridized carbons (Fsp3) is 0.565. The second-order valence-corrected chi connectivity index (χ2v) is 10.1. The van der Waals surface area contributed by atoms with E-state index in [0.717, 1.165) is 38.5 Å². The van der Waals surface area contributed by atoms with Crippen LogP contribution < -0.4 is 0 Å². The van der Waals surface area contributed by atoms with Gasteiger partial charge < -0.3 is 9.80 Å². The molecule has 0 spiro atoms. The van der Waals surface area contributed by atoms with E-state index in [2.05, 4.69) is 50.0 Å². The summed E-state index contributed by atoms with van der Waals surface area (Å²) in [5, 5.41) is 0. The van der Waals surface area contributed by atoms with Gasteiger partial charge in [-0.1, -0.05) is 63.3 Å². The zero-order valence-electron chi connectivity index (χ0n) is 17.8. The monoisotopic (exact) mass is 415 g/mol. The van der Waals surface area contributed by atoms with Gasteiger partial charge in [0.05, 0.1) is 5.88 Å². The van der Waals surface area contributed by atoms with Crippen LogP contribution in [0.1, 0.15) is 32.8 Å². The van der Waals surface area contributed by atoms with E-state index in [-0.39, 0.29) is 23.3 Å². The molecule has 2 saturated heterocycles. The Morgan fingerprint density at radius 1 is 1.10 bits per heavy atom. The highest BCUT2D eigenvalue weighted by Gasteiger charge is 2.38. The van der Waals surface area contributed by atoms with Crippen molar-refractivity contribution < 1.29 is 9.59 Å². The molecule has 2 heterocycles. The molecule has 0 aliphatic carbocycles. The number of piperazine rings is 1. The van der Waals surface area contributed by atoms with Gasteiger partial charge in [-0.2, -0.15) is 0 Å². The molecule has 6 heteroatoms. The van der Waals surface area contributed by atoms with Gasteiger partial charge in [-0.05, 0) is 11.0 Å². The smallest absolute Gasteiger partial charge is 0.246 e. The lowest BCUT2D eigenvalue weighted by atomic mass is 9.91. The maximum absolute atomic E-state index is 13.1. The Balaban J connectivity index is 1.48. The van der Waals surface area contributed by atoms with Gasteiger partial charge >= 0.3 is 0 Å². The fourth-order valence-electron chi connectivity index (χ4n) is 3.71. The zero-order chi connectivity index (χ0) is 20.9. The SMILES string of the molecule is CC(C)(C)CC(=O)N1CSCC1C(=O)N1CCN(C/C=C/c2ccccc2)CC1. The fourth-order valence-corrected chi connectivity index (χ4v) is 4.88. The van der Waals surface area contributed by atoms with E-state index in [1.54, 1.807) is 16.7 Å². The molecule has 2 aliphatic heterocycles. The molecule has 0 aromatic heterocycles. The van der Waals surface area contributed by atoms with Crippen molar-refractivity contribution in [1.29, 1.82) is 0 Å². The summed E-state index contributed by atoms with van der Waals surface area (Å²) in [6.45, 7) is 10.3. The maximum Gasteiger partial charge on any atom is 0.246 e. The van der Waals surface area contributed by atoms with Crippen molar-refractivity contribution in [1.82, 2.24) is 14.7 Å². The van der Waals surface area contributed by atoms with Gasteiger partial charge in [0.2, 0.25) is 11.8 Å². The zero-order valence-corrected chi connectivity index (χ0v) is 18.7. The highest BCUT2D eigenvalue weighted by atomic mass is 32.2. The molecule has 29 heavy (non-hydrogen) atoms. The Morgan fingerprint density at radius 2 is 1.79 bits per heavy atom. The van der Waals surface area contributed by atoms with Gasteiger partial charge in [0, 0.05) is 44.9 Å². The number of thioether (sulfide) groups is 1. The van der Waals surface area contributed by atoms with Gasteiger partial charge in [-0.25, -0.2) is 0 Å². The van der Waals surface area contributed by atoms with Gasteiger partial charge in [-0.15, -0.1) is 11.8 Å². The molecule has 1 aromatic rings. The average molecular weight is 416 g/mol. The number of rotatable bonds is 5. The molecule has 0 saturated carbocycles. The predicted octanol–water partition coefficient (Wildman–Crippen LogP) is 3.18. The van der Waals surface area contributed by atoms with Crippen LogP contribution in [0.5, 0.6) is 0 Å². The summed E-state index contributed by atoms with van der Waals surface area (Å²) in [4.78, 5) is 31.9. The Bertz CT molecular complexity index is 721. The van der Waals surface area contributed by atoms with Gasteiger partial charge in [0.1, 0.15) is 6.04 Å². The second-order valence-electron chi connectivity index (χ2n) is 9.06. The van der Waals surface area contributed by atoms with Crippen LogP contribution in [-0.2, 0) is 9.59 Å². The summed E-state index contributed by atoms with van der Waals surface area (Å²) in [5.74, 6) is 1.58. The summed E-state index contributed by atoms with van der Waals surface area (Å²) in [7, 11) is 0. The number of carbonyl (C=O) groups is 2. The molecule has 2 aliphatic rings. The van der Waals surface area contributed by atoms with E-state index in [9.17, 15) is 9.59 Å². The normalized spacial score (nSPS) is 21.1. The van der Waals surface area contributed by atoms with Crippen LogP contribution in [0.4, 0.5) is 0 Å². The van der Waals surface area contributed by atoms with Crippen LogP contribution in [0, 0.1) is 5.41 Å². The number of benzene rings is 1. The molecular weight excluding hydrogens is 382 g/mol. The topological polar surface area (TPSA) is 43.9 Å². The minimum atomic E-state index is -0.292. The van der Waals surface area contributed by atoms with E-state index in [1.807, 2.05) is 23.1 Å². The molecule has 3 rings (SSSR count). The summed E-state index contributed by atoms with van der Waals surface area (Å²) < 4.78 is 0. The summed E-state index contributed by atoms with van der Waals surface area (Å²) >= 11 is 1.68. The van der Waals surface area contributed by atoms with Crippen molar-refractivity contribution in [3.63, 3.8) is 0 Å². The lowest BCUT2D eigenvalue weighted by molar-refractivity contribution is -0.145. The maximum atomic E-state index is 13.1. The number of nitrogens with zero attached hydrogens (tertiary/aromatic N) is 3. The molecule has 1 unspecified atom stereocenters. The van der Waals surface area contributed by atoms with Crippen LogP contribution in [0.2, 0.25) is 0 Å². The third-order valence-electron chi connectivity index (χ3n) is 5.33. The van der Waals surface area contributed by atoms with Gasteiger partial charge in [0.25, 0.3) is 0 Å². The van der Waals surface area contributed by atoms with Gasteiger partial charge in [-0.3, -0.25) is 14.5 Å². The van der Waals surface area contributed by atoms with Crippen LogP contribution in [0.15, 0.2) is 36.4 Å². The Hall–Kier alpha value is -1.79. The van der Waals surface area contributed by atoms with E-state index in [4.69, 9.17) is 0 Å². The number of hydrogen-bond acceptors (Lipinski definition) is 4. The molecule has 0 radical (unpaired) electrons. The Labute approximate surface area is 179 Å². The molecule has 5 nitrogen and oxygen atoms in total. The predicted molar refractivity (Wildman–Crippen MR) is 121 cm³/mol. The Morgan fingerprint density at radius 3 is 2.45 bits per heavy atom.